The lowest BCUT2D eigenvalue weighted by Gasteiger charge is -2.29. The smallest absolute Gasteiger partial charge is 0.273 e. The van der Waals surface area contributed by atoms with Gasteiger partial charge < -0.3 is 5.32 Å². The fourth-order valence-corrected chi connectivity index (χ4v) is 3.03. The predicted octanol–water partition coefficient (Wildman–Crippen LogP) is 2.88. The molecule has 22 heavy (non-hydrogen) atoms. The minimum absolute atomic E-state index is 0.113. The van der Waals surface area contributed by atoms with Gasteiger partial charge in [-0.05, 0) is 37.8 Å². The molecule has 2 atom stereocenters. The molecule has 1 heterocycles. The molecule has 1 aromatic heterocycles. The maximum absolute atomic E-state index is 12.5. The summed E-state index contributed by atoms with van der Waals surface area (Å²) in [6.07, 6.45) is 4.68. The summed E-state index contributed by atoms with van der Waals surface area (Å²) in [5.74, 6) is 0.417. The van der Waals surface area contributed by atoms with Gasteiger partial charge in [0.25, 0.3) is 5.91 Å². The first-order valence-corrected chi connectivity index (χ1v) is 7.95. The second-order valence-corrected chi connectivity index (χ2v) is 6.10. The number of carbonyl (C=O) groups is 1. The van der Waals surface area contributed by atoms with Gasteiger partial charge in [0, 0.05) is 6.04 Å². The fraction of sp³-hybridized carbons (Fsp3) is 0.471. The zero-order valence-corrected chi connectivity index (χ0v) is 13.1. The van der Waals surface area contributed by atoms with Crippen molar-refractivity contribution in [3.8, 4) is 5.69 Å². The summed E-state index contributed by atoms with van der Waals surface area (Å²) >= 11 is 0. The quantitative estimate of drug-likeness (QED) is 0.948. The van der Waals surface area contributed by atoms with Gasteiger partial charge in [-0.25, -0.2) is 0 Å². The molecule has 1 saturated carbocycles. The molecule has 116 valence electrons. The van der Waals surface area contributed by atoms with Crippen molar-refractivity contribution in [2.75, 3.05) is 0 Å². The molecule has 5 heteroatoms. The molecule has 1 amide bonds. The zero-order chi connectivity index (χ0) is 15.5. The average Bonchev–Trinajstić information content (AvgIpc) is 2.92. The number of aryl methyl sites for hydroxylation is 1. The van der Waals surface area contributed by atoms with E-state index >= 15 is 0 Å². The van der Waals surface area contributed by atoms with Gasteiger partial charge in [0.1, 0.15) is 0 Å². The van der Waals surface area contributed by atoms with Gasteiger partial charge in [-0.1, -0.05) is 38.0 Å². The number of para-hydroxylation sites is 1. The number of benzene rings is 1. The van der Waals surface area contributed by atoms with Gasteiger partial charge in [0.2, 0.25) is 0 Å². The number of nitrogens with one attached hydrogen (secondary N) is 1. The summed E-state index contributed by atoms with van der Waals surface area (Å²) in [5, 5.41) is 11.9. The molecule has 0 saturated heterocycles. The number of rotatable bonds is 3. The molecule has 5 nitrogen and oxygen atoms in total. The van der Waals surface area contributed by atoms with Crippen molar-refractivity contribution >= 4 is 5.91 Å². The minimum Gasteiger partial charge on any atom is -0.348 e. The van der Waals surface area contributed by atoms with E-state index in [0.29, 0.717) is 17.3 Å². The van der Waals surface area contributed by atoms with Crippen molar-refractivity contribution < 1.29 is 4.79 Å². The maximum Gasteiger partial charge on any atom is 0.273 e. The van der Waals surface area contributed by atoms with Crippen molar-refractivity contribution in [1.82, 2.24) is 20.3 Å². The Morgan fingerprint density at radius 3 is 2.64 bits per heavy atom. The van der Waals surface area contributed by atoms with E-state index in [4.69, 9.17) is 0 Å². The second-order valence-electron chi connectivity index (χ2n) is 6.10. The molecule has 1 N–H and O–H groups in total. The van der Waals surface area contributed by atoms with E-state index in [9.17, 15) is 4.79 Å². The molecular weight excluding hydrogens is 276 g/mol. The fourth-order valence-electron chi connectivity index (χ4n) is 3.03. The first-order valence-electron chi connectivity index (χ1n) is 7.95. The average molecular weight is 298 g/mol. The highest BCUT2D eigenvalue weighted by atomic mass is 16.2. The van der Waals surface area contributed by atoms with Crippen LogP contribution in [0, 0.1) is 12.8 Å². The summed E-state index contributed by atoms with van der Waals surface area (Å²) in [6, 6.07) is 9.89. The Morgan fingerprint density at radius 2 is 1.91 bits per heavy atom. The third-order valence-electron chi connectivity index (χ3n) is 4.41. The third kappa shape index (κ3) is 3.03. The largest absolute Gasteiger partial charge is 0.348 e. The molecular formula is C17H22N4O. The van der Waals surface area contributed by atoms with Crippen molar-refractivity contribution in [3.05, 3.63) is 41.7 Å². The van der Waals surface area contributed by atoms with Crippen LogP contribution in [0.1, 0.15) is 48.8 Å². The molecule has 0 radical (unpaired) electrons. The normalized spacial score (nSPS) is 21.5. The van der Waals surface area contributed by atoms with Gasteiger partial charge in [0.05, 0.1) is 11.4 Å². The number of nitrogens with zero attached hydrogens (tertiary/aromatic N) is 3. The van der Waals surface area contributed by atoms with Crippen molar-refractivity contribution in [2.24, 2.45) is 5.92 Å². The van der Waals surface area contributed by atoms with Gasteiger partial charge in [-0.15, -0.1) is 5.10 Å². The van der Waals surface area contributed by atoms with Crippen LogP contribution >= 0.6 is 0 Å². The Labute approximate surface area is 130 Å². The van der Waals surface area contributed by atoms with Crippen LogP contribution < -0.4 is 5.32 Å². The van der Waals surface area contributed by atoms with Crippen LogP contribution in [0.3, 0.4) is 0 Å². The zero-order valence-electron chi connectivity index (χ0n) is 13.1. The highest BCUT2D eigenvalue weighted by Gasteiger charge is 2.25. The lowest BCUT2D eigenvalue weighted by Crippen LogP contribution is -2.41. The SMILES string of the molecule is Cc1nn(-c2ccccc2)nc1C(=O)N[C@H]1CCCC[C@H]1C. The molecule has 1 aliphatic rings. The first-order chi connectivity index (χ1) is 10.6. The number of hydrogen-bond donors (Lipinski definition) is 1. The molecule has 0 aliphatic heterocycles. The Kier molecular flexibility index (Phi) is 4.22. The molecule has 1 aliphatic carbocycles. The topological polar surface area (TPSA) is 59.8 Å². The van der Waals surface area contributed by atoms with E-state index in [0.717, 1.165) is 12.1 Å². The summed E-state index contributed by atoms with van der Waals surface area (Å²) in [6.45, 7) is 4.03. The molecule has 0 unspecified atom stereocenters. The van der Waals surface area contributed by atoms with Crippen LogP contribution in [0.4, 0.5) is 0 Å². The van der Waals surface area contributed by atoms with Crippen LogP contribution in [0.5, 0.6) is 0 Å². The maximum atomic E-state index is 12.5. The standard InChI is InChI=1S/C17H22N4O/c1-12-8-6-7-11-15(12)18-17(22)16-13(2)19-21(20-16)14-9-4-3-5-10-14/h3-5,9-10,12,15H,6-8,11H2,1-2H3,(H,18,22)/t12-,15+/m1/s1. The van der Waals surface area contributed by atoms with Crippen LogP contribution in [0.25, 0.3) is 5.69 Å². The molecule has 0 bridgehead atoms. The van der Waals surface area contributed by atoms with E-state index in [1.165, 1.54) is 24.1 Å². The van der Waals surface area contributed by atoms with Gasteiger partial charge in [-0.3, -0.25) is 4.79 Å². The lowest BCUT2D eigenvalue weighted by atomic mass is 9.86. The molecule has 1 fully saturated rings. The van der Waals surface area contributed by atoms with E-state index in [-0.39, 0.29) is 11.9 Å². The van der Waals surface area contributed by atoms with Gasteiger partial charge in [-0.2, -0.15) is 9.90 Å². The summed E-state index contributed by atoms with van der Waals surface area (Å²) < 4.78 is 0. The number of hydrogen-bond acceptors (Lipinski definition) is 3. The van der Waals surface area contributed by atoms with Gasteiger partial charge >= 0.3 is 0 Å². The third-order valence-corrected chi connectivity index (χ3v) is 4.41. The number of carbonyl (C=O) groups excluding carboxylic acids is 1. The summed E-state index contributed by atoms with van der Waals surface area (Å²) in [7, 11) is 0. The Hall–Kier alpha value is -2.17. The van der Waals surface area contributed by atoms with E-state index in [1.54, 1.807) is 0 Å². The highest BCUT2D eigenvalue weighted by molar-refractivity contribution is 5.93. The van der Waals surface area contributed by atoms with Crippen LogP contribution in [-0.2, 0) is 0 Å². The van der Waals surface area contributed by atoms with Crippen molar-refractivity contribution in [3.63, 3.8) is 0 Å². The van der Waals surface area contributed by atoms with Crippen LogP contribution in [-0.4, -0.2) is 26.9 Å². The highest BCUT2D eigenvalue weighted by Crippen LogP contribution is 2.24. The van der Waals surface area contributed by atoms with Crippen LogP contribution in [0.15, 0.2) is 30.3 Å². The minimum atomic E-state index is -0.113. The Bertz CT molecular complexity index is 650. The first kappa shape index (κ1) is 14.8. The van der Waals surface area contributed by atoms with E-state index in [1.807, 2.05) is 37.3 Å². The van der Waals surface area contributed by atoms with Crippen LogP contribution in [0.2, 0.25) is 0 Å². The number of aromatic nitrogens is 3. The monoisotopic (exact) mass is 298 g/mol. The van der Waals surface area contributed by atoms with Gasteiger partial charge in [0.15, 0.2) is 5.69 Å². The van der Waals surface area contributed by atoms with Crippen molar-refractivity contribution in [1.29, 1.82) is 0 Å². The van der Waals surface area contributed by atoms with E-state index in [2.05, 4.69) is 22.4 Å². The number of amides is 1. The Morgan fingerprint density at radius 1 is 1.18 bits per heavy atom. The van der Waals surface area contributed by atoms with E-state index < -0.39 is 0 Å². The summed E-state index contributed by atoms with van der Waals surface area (Å²) in [4.78, 5) is 14.0. The predicted molar refractivity (Wildman–Crippen MR) is 85.0 cm³/mol. The second kappa shape index (κ2) is 6.30. The molecule has 3 rings (SSSR count). The lowest BCUT2D eigenvalue weighted by molar-refractivity contribution is 0.0904. The molecule has 2 aromatic rings. The molecule has 0 spiro atoms. The molecule has 1 aromatic carbocycles. The summed E-state index contributed by atoms with van der Waals surface area (Å²) in [5.41, 5.74) is 1.93. The van der Waals surface area contributed by atoms with Crippen molar-refractivity contribution in [2.45, 2.75) is 45.6 Å². The Balaban J connectivity index is 1.77.